The third kappa shape index (κ3) is 4.76. The standard InChI is InChI=1S/C25H29ClN2O2/c1-15-10-16(2)20(17(3)11-15)14-28-22(13-23(27-28)25(5,6)7)24(29)30-19-8-9-21(26)18(4)12-19/h8-13H,14H2,1-7H3. The predicted octanol–water partition coefficient (Wildman–Crippen LogP) is 6.34. The Morgan fingerprint density at radius 3 is 2.20 bits per heavy atom. The van der Waals surface area contributed by atoms with Gasteiger partial charge in [-0.25, -0.2) is 4.79 Å². The summed E-state index contributed by atoms with van der Waals surface area (Å²) in [4.78, 5) is 13.1. The first-order valence-electron chi connectivity index (χ1n) is 10.1. The van der Waals surface area contributed by atoms with E-state index in [0.717, 1.165) is 11.3 Å². The number of rotatable bonds is 4. The van der Waals surface area contributed by atoms with Gasteiger partial charge in [-0.1, -0.05) is 50.1 Å². The van der Waals surface area contributed by atoms with Crippen molar-refractivity contribution in [2.24, 2.45) is 0 Å². The van der Waals surface area contributed by atoms with Gasteiger partial charge < -0.3 is 4.74 Å². The summed E-state index contributed by atoms with van der Waals surface area (Å²) in [6.45, 7) is 14.9. The number of hydrogen-bond acceptors (Lipinski definition) is 3. The van der Waals surface area contributed by atoms with Crippen LogP contribution >= 0.6 is 11.6 Å². The molecule has 0 bridgehead atoms. The van der Waals surface area contributed by atoms with Crippen LogP contribution in [0.3, 0.4) is 0 Å². The van der Waals surface area contributed by atoms with E-state index in [9.17, 15) is 4.79 Å². The third-order valence-electron chi connectivity index (χ3n) is 5.25. The molecule has 4 nitrogen and oxygen atoms in total. The molecule has 3 rings (SSSR count). The zero-order chi connectivity index (χ0) is 22.2. The molecule has 30 heavy (non-hydrogen) atoms. The lowest BCUT2D eigenvalue weighted by atomic mass is 9.92. The summed E-state index contributed by atoms with van der Waals surface area (Å²) in [5.41, 5.74) is 6.73. The zero-order valence-electron chi connectivity index (χ0n) is 18.8. The van der Waals surface area contributed by atoms with Gasteiger partial charge in [0.25, 0.3) is 0 Å². The minimum Gasteiger partial charge on any atom is -0.422 e. The molecule has 0 aliphatic rings. The number of carbonyl (C=O) groups is 1. The largest absolute Gasteiger partial charge is 0.422 e. The van der Waals surface area contributed by atoms with Crippen LogP contribution in [0.15, 0.2) is 36.4 Å². The Hall–Kier alpha value is -2.59. The Kier molecular flexibility index (Phi) is 6.09. The first kappa shape index (κ1) is 22.1. The lowest BCUT2D eigenvalue weighted by molar-refractivity contribution is 0.0722. The summed E-state index contributed by atoms with van der Waals surface area (Å²) in [5, 5.41) is 5.41. The molecule has 0 atom stereocenters. The fourth-order valence-electron chi connectivity index (χ4n) is 3.52. The van der Waals surface area contributed by atoms with Crippen LogP contribution < -0.4 is 4.74 Å². The summed E-state index contributed by atoms with van der Waals surface area (Å²) in [6, 6.07) is 11.4. The van der Waals surface area contributed by atoms with E-state index in [0.29, 0.717) is 23.0 Å². The molecule has 0 N–H and O–H groups in total. The van der Waals surface area contributed by atoms with Crippen LogP contribution in [0.25, 0.3) is 0 Å². The van der Waals surface area contributed by atoms with Crippen LogP contribution in [0, 0.1) is 27.7 Å². The molecule has 158 valence electrons. The van der Waals surface area contributed by atoms with E-state index >= 15 is 0 Å². The SMILES string of the molecule is Cc1cc(C)c(Cn2nc(C(C)(C)C)cc2C(=O)Oc2ccc(Cl)c(C)c2)c(C)c1. The Bertz CT molecular complexity index is 1080. The minimum absolute atomic E-state index is 0.186. The molecule has 0 saturated carbocycles. The Morgan fingerprint density at radius 2 is 1.63 bits per heavy atom. The number of halogens is 1. The molecule has 0 amide bonds. The van der Waals surface area contributed by atoms with E-state index in [1.807, 2.05) is 13.0 Å². The number of carbonyl (C=O) groups excluding carboxylic acids is 1. The molecule has 0 fully saturated rings. The molecular weight excluding hydrogens is 396 g/mol. The highest BCUT2D eigenvalue weighted by molar-refractivity contribution is 6.31. The quantitative estimate of drug-likeness (QED) is 0.362. The number of ether oxygens (including phenoxy) is 1. The molecule has 2 aromatic carbocycles. The van der Waals surface area contributed by atoms with Crippen LogP contribution in [0.4, 0.5) is 0 Å². The summed E-state index contributed by atoms with van der Waals surface area (Å²) in [7, 11) is 0. The van der Waals surface area contributed by atoms with Crippen LogP contribution in [-0.2, 0) is 12.0 Å². The van der Waals surface area contributed by atoms with Gasteiger partial charge in [-0.2, -0.15) is 5.10 Å². The average Bonchev–Trinajstić information content (AvgIpc) is 3.06. The number of esters is 1. The third-order valence-corrected chi connectivity index (χ3v) is 5.67. The number of aromatic nitrogens is 2. The van der Waals surface area contributed by atoms with Crippen molar-refractivity contribution in [2.45, 2.75) is 60.4 Å². The fourth-order valence-corrected chi connectivity index (χ4v) is 3.63. The molecule has 0 saturated heterocycles. The summed E-state index contributed by atoms with van der Waals surface area (Å²) in [6.07, 6.45) is 0. The second-order valence-corrected chi connectivity index (χ2v) is 9.41. The lowest BCUT2D eigenvalue weighted by Crippen LogP contribution is -2.17. The number of nitrogens with zero attached hydrogens (tertiary/aromatic N) is 2. The number of benzene rings is 2. The second kappa shape index (κ2) is 8.27. The topological polar surface area (TPSA) is 44.1 Å². The first-order valence-corrected chi connectivity index (χ1v) is 10.5. The van der Waals surface area contributed by atoms with Crippen molar-refractivity contribution < 1.29 is 9.53 Å². The van der Waals surface area contributed by atoms with Crippen LogP contribution in [0.1, 0.15) is 64.8 Å². The maximum absolute atomic E-state index is 13.1. The van der Waals surface area contributed by atoms with Gasteiger partial charge in [-0.15, -0.1) is 0 Å². The first-order chi connectivity index (χ1) is 14.0. The summed E-state index contributed by atoms with van der Waals surface area (Å²) < 4.78 is 7.42. The molecule has 0 unspecified atom stereocenters. The molecule has 0 aliphatic carbocycles. The monoisotopic (exact) mass is 424 g/mol. The van der Waals surface area contributed by atoms with E-state index in [-0.39, 0.29) is 5.41 Å². The van der Waals surface area contributed by atoms with E-state index < -0.39 is 5.97 Å². The summed E-state index contributed by atoms with van der Waals surface area (Å²) in [5.74, 6) is 0.0387. The van der Waals surface area contributed by atoms with Gasteiger partial charge in [0.1, 0.15) is 11.4 Å². The fraction of sp³-hybridized carbons (Fsp3) is 0.360. The van der Waals surface area contributed by atoms with E-state index in [2.05, 4.69) is 53.7 Å². The van der Waals surface area contributed by atoms with Crippen molar-refractivity contribution in [1.82, 2.24) is 9.78 Å². The van der Waals surface area contributed by atoms with Gasteiger partial charge in [0.2, 0.25) is 0 Å². The van der Waals surface area contributed by atoms with Crippen molar-refractivity contribution >= 4 is 17.6 Å². The lowest BCUT2D eigenvalue weighted by Gasteiger charge is -2.15. The van der Waals surface area contributed by atoms with E-state index in [1.165, 1.54) is 22.3 Å². The molecule has 0 spiro atoms. The van der Waals surface area contributed by atoms with Crippen LogP contribution in [-0.4, -0.2) is 15.7 Å². The van der Waals surface area contributed by atoms with Crippen molar-refractivity contribution in [2.75, 3.05) is 0 Å². The van der Waals surface area contributed by atoms with E-state index in [4.69, 9.17) is 21.4 Å². The molecule has 1 heterocycles. The van der Waals surface area contributed by atoms with Crippen LogP contribution in [0.5, 0.6) is 5.75 Å². The highest BCUT2D eigenvalue weighted by atomic mass is 35.5. The van der Waals surface area contributed by atoms with Crippen LogP contribution in [0.2, 0.25) is 5.02 Å². The number of hydrogen-bond donors (Lipinski definition) is 0. The smallest absolute Gasteiger partial charge is 0.362 e. The molecule has 0 radical (unpaired) electrons. The van der Waals surface area contributed by atoms with Crippen molar-refractivity contribution in [3.63, 3.8) is 0 Å². The van der Waals surface area contributed by atoms with Gasteiger partial charge in [-0.3, -0.25) is 4.68 Å². The normalized spacial score (nSPS) is 11.6. The molecule has 5 heteroatoms. The van der Waals surface area contributed by atoms with Gasteiger partial charge in [0.15, 0.2) is 0 Å². The van der Waals surface area contributed by atoms with Crippen molar-refractivity contribution in [3.05, 3.63) is 80.6 Å². The van der Waals surface area contributed by atoms with Gasteiger partial charge >= 0.3 is 5.97 Å². The minimum atomic E-state index is -0.429. The Balaban J connectivity index is 2.00. The van der Waals surface area contributed by atoms with Gasteiger partial charge in [0.05, 0.1) is 12.2 Å². The zero-order valence-corrected chi connectivity index (χ0v) is 19.5. The highest BCUT2D eigenvalue weighted by Gasteiger charge is 2.25. The molecule has 1 aromatic heterocycles. The molecular formula is C25H29ClN2O2. The highest BCUT2D eigenvalue weighted by Crippen LogP contribution is 2.26. The van der Waals surface area contributed by atoms with Gasteiger partial charge in [-0.05, 0) is 74.2 Å². The Labute approximate surface area is 183 Å². The van der Waals surface area contributed by atoms with Crippen molar-refractivity contribution in [3.8, 4) is 5.75 Å². The second-order valence-electron chi connectivity index (χ2n) is 9.00. The van der Waals surface area contributed by atoms with Crippen molar-refractivity contribution in [1.29, 1.82) is 0 Å². The Morgan fingerprint density at radius 1 is 1.00 bits per heavy atom. The van der Waals surface area contributed by atoms with Gasteiger partial charge in [0, 0.05) is 10.4 Å². The molecule has 0 aliphatic heterocycles. The predicted molar refractivity (Wildman–Crippen MR) is 122 cm³/mol. The van der Waals surface area contributed by atoms with E-state index in [1.54, 1.807) is 22.9 Å². The number of aryl methyl sites for hydroxylation is 4. The summed E-state index contributed by atoms with van der Waals surface area (Å²) >= 11 is 6.09. The average molecular weight is 425 g/mol. The molecule has 3 aromatic rings. The maximum atomic E-state index is 13.1. The maximum Gasteiger partial charge on any atom is 0.362 e.